The SMILES string of the molecule is CC1CC[C@@H]2C(CO1)[C@H](C(C)[C@@H](O)OC/C(N)=C/N(C)N)CC[C@H]2C.CCC. The molecule has 1 heterocycles. The highest BCUT2D eigenvalue weighted by atomic mass is 16.6. The van der Waals surface area contributed by atoms with Gasteiger partial charge < -0.3 is 25.3 Å². The van der Waals surface area contributed by atoms with Crippen molar-refractivity contribution in [3.05, 3.63) is 11.9 Å². The van der Waals surface area contributed by atoms with Gasteiger partial charge in [-0.15, -0.1) is 0 Å². The summed E-state index contributed by atoms with van der Waals surface area (Å²) in [4.78, 5) is 0. The Labute approximate surface area is 172 Å². The van der Waals surface area contributed by atoms with Gasteiger partial charge in [0.25, 0.3) is 0 Å². The van der Waals surface area contributed by atoms with Crippen LogP contribution in [0.25, 0.3) is 0 Å². The minimum absolute atomic E-state index is 0.0559. The number of aliphatic hydroxyl groups is 1. The summed E-state index contributed by atoms with van der Waals surface area (Å²) in [6.45, 7) is 11.9. The molecule has 0 aromatic heterocycles. The van der Waals surface area contributed by atoms with Crippen molar-refractivity contribution in [2.75, 3.05) is 20.3 Å². The van der Waals surface area contributed by atoms with Crippen molar-refractivity contribution in [2.24, 2.45) is 41.2 Å². The standard InChI is InChI=1S/C19H37N3O3.C3H8/c1-12-5-7-17(18-11-24-13(2)6-8-16(12)18)14(3)19(23)25-10-15(20)9-22(4)21;1-3-2/h9,12-14,16-19,23H,5-8,10-11,20-21H2,1-4H3;3H2,1-2H3/b15-9-;/t12-,13?,14?,16+,17+,18?,19+;/m1./s1. The quantitative estimate of drug-likeness (QED) is 0.360. The highest BCUT2D eigenvalue weighted by Gasteiger charge is 2.42. The molecule has 0 amide bonds. The molecule has 166 valence electrons. The van der Waals surface area contributed by atoms with Crippen LogP contribution in [0.4, 0.5) is 0 Å². The van der Waals surface area contributed by atoms with Gasteiger partial charge in [0.1, 0.15) is 0 Å². The average Bonchev–Trinajstić information content (AvgIpc) is 2.82. The number of fused-ring (bicyclic) bond motifs is 1. The zero-order valence-electron chi connectivity index (χ0n) is 18.9. The van der Waals surface area contributed by atoms with E-state index in [4.69, 9.17) is 21.1 Å². The zero-order valence-corrected chi connectivity index (χ0v) is 18.9. The number of ether oxygens (including phenoxy) is 2. The summed E-state index contributed by atoms with van der Waals surface area (Å²) in [5.41, 5.74) is 6.34. The molecule has 6 heteroatoms. The lowest BCUT2D eigenvalue weighted by atomic mass is 9.62. The first-order chi connectivity index (χ1) is 13.2. The van der Waals surface area contributed by atoms with E-state index in [0.717, 1.165) is 25.4 Å². The number of rotatable bonds is 6. The van der Waals surface area contributed by atoms with Gasteiger partial charge in [-0.1, -0.05) is 40.5 Å². The Bertz CT molecular complexity index is 458. The Balaban J connectivity index is 0.00000122. The summed E-state index contributed by atoms with van der Waals surface area (Å²) >= 11 is 0. The molecule has 1 saturated heterocycles. The fourth-order valence-corrected chi connectivity index (χ4v) is 4.65. The third-order valence-corrected chi connectivity index (χ3v) is 6.18. The van der Waals surface area contributed by atoms with E-state index in [1.54, 1.807) is 13.2 Å². The Hall–Kier alpha value is -0.820. The molecule has 2 fully saturated rings. The maximum Gasteiger partial charge on any atom is 0.157 e. The van der Waals surface area contributed by atoms with Gasteiger partial charge in [0.2, 0.25) is 0 Å². The third-order valence-electron chi connectivity index (χ3n) is 6.18. The van der Waals surface area contributed by atoms with Crippen LogP contribution >= 0.6 is 0 Å². The van der Waals surface area contributed by atoms with Gasteiger partial charge in [-0.3, -0.25) is 0 Å². The first-order valence-corrected chi connectivity index (χ1v) is 11.1. The van der Waals surface area contributed by atoms with Gasteiger partial charge in [-0.25, -0.2) is 5.84 Å². The molecule has 6 nitrogen and oxygen atoms in total. The predicted octanol–water partition coefficient (Wildman–Crippen LogP) is 3.46. The molecular weight excluding hydrogens is 354 g/mol. The van der Waals surface area contributed by atoms with Crippen LogP contribution < -0.4 is 11.6 Å². The van der Waals surface area contributed by atoms with Gasteiger partial charge in [-0.05, 0) is 49.9 Å². The van der Waals surface area contributed by atoms with Crippen LogP contribution in [-0.4, -0.2) is 42.8 Å². The van der Waals surface area contributed by atoms with Crippen molar-refractivity contribution in [3.8, 4) is 0 Å². The van der Waals surface area contributed by atoms with Crippen molar-refractivity contribution in [3.63, 3.8) is 0 Å². The van der Waals surface area contributed by atoms with Crippen LogP contribution in [0.2, 0.25) is 0 Å². The summed E-state index contributed by atoms with van der Waals surface area (Å²) in [6, 6.07) is 0. The van der Waals surface area contributed by atoms with E-state index < -0.39 is 6.29 Å². The smallest absolute Gasteiger partial charge is 0.157 e. The molecule has 0 spiro atoms. The second-order valence-electron chi connectivity index (χ2n) is 8.90. The number of nitrogens with zero attached hydrogens (tertiary/aromatic N) is 1. The van der Waals surface area contributed by atoms with Crippen molar-refractivity contribution in [2.45, 2.75) is 79.1 Å². The van der Waals surface area contributed by atoms with Crippen molar-refractivity contribution >= 4 is 0 Å². The summed E-state index contributed by atoms with van der Waals surface area (Å²) in [5.74, 6) is 7.94. The summed E-state index contributed by atoms with van der Waals surface area (Å²) < 4.78 is 11.7. The van der Waals surface area contributed by atoms with E-state index in [9.17, 15) is 5.11 Å². The minimum atomic E-state index is -0.824. The molecule has 2 rings (SSSR count). The first kappa shape index (κ1) is 25.2. The van der Waals surface area contributed by atoms with Crippen molar-refractivity contribution < 1.29 is 14.6 Å². The van der Waals surface area contributed by atoms with E-state index in [2.05, 4.69) is 34.6 Å². The van der Waals surface area contributed by atoms with E-state index in [0.29, 0.717) is 29.6 Å². The highest BCUT2D eigenvalue weighted by Crippen LogP contribution is 2.46. The van der Waals surface area contributed by atoms with E-state index in [1.807, 2.05) is 0 Å². The fraction of sp³-hybridized carbons (Fsp3) is 0.909. The van der Waals surface area contributed by atoms with Crippen LogP contribution in [0, 0.1) is 29.6 Å². The molecule has 3 unspecified atom stereocenters. The predicted molar refractivity (Wildman–Crippen MR) is 115 cm³/mol. The van der Waals surface area contributed by atoms with E-state index >= 15 is 0 Å². The van der Waals surface area contributed by atoms with E-state index in [1.165, 1.54) is 24.3 Å². The number of nitrogens with two attached hydrogens (primary N) is 2. The molecule has 5 N–H and O–H groups in total. The van der Waals surface area contributed by atoms with E-state index in [-0.39, 0.29) is 12.5 Å². The lowest BCUT2D eigenvalue weighted by Crippen LogP contribution is -2.42. The van der Waals surface area contributed by atoms with Crippen molar-refractivity contribution in [1.29, 1.82) is 0 Å². The minimum Gasteiger partial charge on any atom is -0.399 e. The molecule has 0 radical (unpaired) electrons. The van der Waals surface area contributed by atoms with Crippen LogP contribution in [0.3, 0.4) is 0 Å². The number of hydrazine groups is 1. The Morgan fingerprint density at radius 2 is 1.86 bits per heavy atom. The molecule has 0 aromatic rings. The van der Waals surface area contributed by atoms with Crippen molar-refractivity contribution in [1.82, 2.24) is 5.01 Å². The average molecular weight is 400 g/mol. The maximum absolute atomic E-state index is 10.5. The lowest BCUT2D eigenvalue weighted by Gasteiger charge is -2.44. The van der Waals surface area contributed by atoms with Gasteiger partial charge in [0.05, 0.1) is 25.0 Å². The van der Waals surface area contributed by atoms with Crippen LogP contribution in [-0.2, 0) is 9.47 Å². The summed E-state index contributed by atoms with van der Waals surface area (Å²) in [6.07, 6.45) is 7.07. The molecule has 28 heavy (non-hydrogen) atoms. The normalized spacial score (nSPS) is 33.0. The topological polar surface area (TPSA) is 94.0 Å². The van der Waals surface area contributed by atoms with Gasteiger partial charge in [0, 0.05) is 19.2 Å². The highest BCUT2D eigenvalue weighted by molar-refractivity contribution is 4.95. The molecule has 0 aromatic carbocycles. The zero-order chi connectivity index (χ0) is 21.3. The van der Waals surface area contributed by atoms with Crippen LogP contribution in [0.15, 0.2) is 11.9 Å². The van der Waals surface area contributed by atoms with Crippen LogP contribution in [0.1, 0.15) is 66.7 Å². The summed E-state index contributed by atoms with van der Waals surface area (Å²) in [5, 5.41) is 11.9. The molecule has 1 aliphatic heterocycles. The summed E-state index contributed by atoms with van der Waals surface area (Å²) in [7, 11) is 1.70. The molecule has 2 aliphatic rings. The van der Waals surface area contributed by atoms with Crippen LogP contribution in [0.5, 0.6) is 0 Å². The Morgan fingerprint density at radius 3 is 2.46 bits per heavy atom. The lowest BCUT2D eigenvalue weighted by molar-refractivity contribution is -0.152. The monoisotopic (exact) mass is 399 g/mol. The van der Waals surface area contributed by atoms with Gasteiger partial charge in [0.15, 0.2) is 6.29 Å². The third kappa shape index (κ3) is 7.90. The molecule has 0 bridgehead atoms. The number of aliphatic hydroxyl groups excluding tert-OH is 1. The molecular formula is C22H45N3O3. The first-order valence-electron chi connectivity index (χ1n) is 11.1. The largest absolute Gasteiger partial charge is 0.399 e. The number of hydrogen-bond acceptors (Lipinski definition) is 6. The Kier molecular flexibility index (Phi) is 11.4. The molecule has 1 saturated carbocycles. The molecule has 7 atom stereocenters. The Morgan fingerprint density at radius 1 is 1.21 bits per heavy atom. The maximum atomic E-state index is 10.5. The second kappa shape index (κ2) is 12.7. The second-order valence-corrected chi connectivity index (χ2v) is 8.90. The van der Waals surface area contributed by atoms with Gasteiger partial charge in [-0.2, -0.15) is 0 Å². The number of hydrogen-bond donors (Lipinski definition) is 3. The van der Waals surface area contributed by atoms with Gasteiger partial charge >= 0.3 is 0 Å². The fourth-order valence-electron chi connectivity index (χ4n) is 4.65. The molecule has 1 aliphatic carbocycles.